The van der Waals surface area contributed by atoms with E-state index in [1.54, 1.807) is 45.2 Å². The average Bonchev–Trinajstić information content (AvgIpc) is 3.80. The number of methoxy groups -OCH3 is 1. The van der Waals surface area contributed by atoms with Crippen molar-refractivity contribution in [1.82, 2.24) is 15.3 Å². The van der Waals surface area contributed by atoms with Gasteiger partial charge in [0.15, 0.2) is 0 Å². The second kappa shape index (κ2) is 16.6. The maximum atomic E-state index is 14.6. The van der Waals surface area contributed by atoms with Crippen LogP contribution in [0.15, 0.2) is 56.9 Å². The average molecular weight is 712 g/mol. The van der Waals surface area contributed by atoms with Crippen molar-refractivity contribution in [1.29, 1.82) is 0 Å². The third kappa shape index (κ3) is 7.80. The molecule has 14 heteroatoms. The lowest BCUT2D eigenvalue weighted by atomic mass is 9.96. The summed E-state index contributed by atoms with van der Waals surface area (Å²) in [5, 5.41) is 5.31. The van der Waals surface area contributed by atoms with Crippen molar-refractivity contribution in [2.45, 2.75) is 89.2 Å². The van der Waals surface area contributed by atoms with E-state index in [1.807, 2.05) is 23.1 Å². The summed E-state index contributed by atoms with van der Waals surface area (Å²) in [6.45, 7) is 6.32. The van der Waals surface area contributed by atoms with Gasteiger partial charge in [-0.25, -0.2) is 12.7 Å². The van der Waals surface area contributed by atoms with Gasteiger partial charge in [0.1, 0.15) is 18.1 Å². The first-order chi connectivity index (χ1) is 24.1. The van der Waals surface area contributed by atoms with Crippen LogP contribution in [0.2, 0.25) is 0 Å². The molecule has 272 valence electrons. The van der Waals surface area contributed by atoms with Gasteiger partial charge in [-0.15, -0.1) is 0 Å². The van der Waals surface area contributed by atoms with Crippen LogP contribution in [-0.2, 0) is 47.1 Å². The Bertz CT molecular complexity index is 1770. The summed E-state index contributed by atoms with van der Waals surface area (Å²) in [6.07, 6.45) is 6.27. The van der Waals surface area contributed by atoms with Gasteiger partial charge in [-0.05, 0) is 55.9 Å². The number of aryl methyl sites for hydroxylation is 1. The lowest BCUT2D eigenvalue weighted by Crippen LogP contribution is -2.40. The number of rotatable bonds is 18. The van der Waals surface area contributed by atoms with Crippen LogP contribution in [-0.4, -0.2) is 82.3 Å². The van der Waals surface area contributed by atoms with E-state index in [0.717, 1.165) is 66.2 Å². The van der Waals surface area contributed by atoms with E-state index in [4.69, 9.17) is 28.7 Å². The number of hydrogen-bond donors (Lipinski definition) is 0. The minimum Gasteiger partial charge on any atom is -0.382 e. The van der Waals surface area contributed by atoms with Crippen LogP contribution in [0.4, 0.5) is 5.88 Å². The number of aromatic nitrogens is 1. The van der Waals surface area contributed by atoms with E-state index < -0.39 is 15.6 Å². The number of ether oxygens (including phenoxy) is 2. The molecular weight excluding hydrogens is 662 g/mol. The number of anilines is 1. The van der Waals surface area contributed by atoms with Crippen molar-refractivity contribution in [2.24, 2.45) is 4.99 Å². The molecule has 1 aromatic heterocycles. The molecule has 1 spiro atoms. The number of amidine groups is 1. The molecule has 1 amide bonds. The highest BCUT2D eigenvalue weighted by Crippen LogP contribution is 2.41. The van der Waals surface area contributed by atoms with Crippen molar-refractivity contribution in [2.75, 3.05) is 45.6 Å². The first kappa shape index (κ1) is 37.6. The summed E-state index contributed by atoms with van der Waals surface area (Å²) in [7, 11) is 0.273. The minimum absolute atomic E-state index is 0.0473. The van der Waals surface area contributed by atoms with Gasteiger partial charge >= 0.3 is 0 Å². The van der Waals surface area contributed by atoms with E-state index in [9.17, 15) is 13.2 Å². The summed E-state index contributed by atoms with van der Waals surface area (Å²) in [6, 6.07) is 12.6. The highest BCUT2D eigenvalue weighted by molar-refractivity contribution is 7.93. The lowest BCUT2D eigenvalue weighted by molar-refractivity contribution is -0.349. The number of amides is 1. The van der Waals surface area contributed by atoms with E-state index in [2.05, 4.69) is 12.1 Å². The van der Waals surface area contributed by atoms with Crippen LogP contribution in [0.25, 0.3) is 11.1 Å². The molecule has 1 fully saturated rings. The van der Waals surface area contributed by atoms with Crippen LogP contribution in [0, 0.1) is 13.8 Å². The SMILES string of the molecule is CCCCC1=NC2(CCCC2)C(=O)N1Cc1ccc(-c2ccccc2S(=O)(=O)N(COCCOC)c2onc(C)c2C)c(CN(OC)OC)c1. The Hall–Kier alpha value is -3.66. The number of carbonyl (C=O) groups excluding carboxylic acids is 1. The molecule has 13 nitrogen and oxygen atoms in total. The van der Waals surface area contributed by atoms with E-state index >= 15 is 0 Å². The minimum atomic E-state index is -4.26. The molecule has 1 saturated carbocycles. The van der Waals surface area contributed by atoms with Crippen molar-refractivity contribution >= 4 is 27.7 Å². The lowest BCUT2D eigenvalue weighted by Gasteiger charge is -2.25. The van der Waals surface area contributed by atoms with Crippen LogP contribution in [0.1, 0.15) is 74.3 Å². The highest BCUT2D eigenvalue weighted by atomic mass is 32.2. The predicted molar refractivity (Wildman–Crippen MR) is 188 cm³/mol. The van der Waals surface area contributed by atoms with Crippen molar-refractivity contribution in [3.8, 4) is 11.1 Å². The largest absolute Gasteiger partial charge is 0.382 e. The summed E-state index contributed by atoms with van der Waals surface area (Å²) in [5.74, 6) is 0.998. The van der Waals surface area contributed by atoms with E-state index in [0.29, 0.717) is 35.5 Å². The fourth-order valence-electron chi connectivity index (χ4n) is 6.56. The Morgan fingerprint density at radius 3 is 2.40 bits per heavy atom. The van der Waals surface area contributed by atoms with Crippen molar-refractivity contribution in [3.63, 3.8) is 0 Å². The molecule has 2 aromatic carbocycles. The molecular formula is C36H49N5O8S. The fraction of sp³-hybridized carbons (Fsp3) is 0.528. The van der Waals surface area contributed by atoms with Crippen molar-refractivity contribution < 1.29 is 36.9 Å². The molecule has 0 unspecified atom stereocenters. The monoisotopic (exact) mass is 711 g/mol. The van der Waals surface area contributed by atoms with Gasteiger partial charge in [-0.3, -0.25) is 24.4 Å². The molecule has 2 heterocycles. The van der Waals surface area contributed by atoms with Gasteiger partial charge in [0.2, 0.25) is 5.88 Å². The number of nitrogens with zero attached hydrogens (tertiary/aromatic N) is 5. The summed E-state index contributed by atoms with van der Waals surface area (Å²) < 4.78 is 46.6. The Morgan fingerprint density at radius 2 is 1.74 bits per heavy atom. The van der Waals surface area contributed by atoms with Gasteiger partial charge in [0.05, 0.1) is 51.1 Å². The smallest absolute Gasteiger partial charge is 0.269 e. The fourth-order valence-corrected chi connectivity index (χ4v) is 8.10. The normalized spacial score (nSPS) is 15.9. The number of benzene rings is 2. The van der Waals surface area contributed by atoms with Gasteiger partial charge in [0, 0.05) is 24.7 Å². The summed E-state index contributed by atoms with van der Waals surface area (Å²) in [5.41, 5.74) is 3.24. The van der Waals surface area contributed by atoms with Crippen LogP contribution in [0.3, 0.4) is 0 Å². The molecule has 0 bridgehead atoms. The molecule has 3 aromatic rings. The maximum absolute atomic E-state index is 14.6. The third-order valence-corrected chi connectivity index (χ3v) is 11.2. The number of sulfonamides is 1. The first-order valence-electron chi connectivity index (χ1n) is 17.1. The standard InChI is InChI=1S/C36H49N5O8S/c1-7-8-15-33-37-36(18-11-12-19-36)35(42)39(33)23-28-16-17-30(29(22-28)24-41(46-5)47-6)31-13-9-10-14-32(31)50(43,44)40(25-48-21-20-45-4)34-26(2)27(3)38-49-34/h9-10,13-14,16-17,22H,7-8,11-12,15,18-21,23-25H2,1-6H3. The quantitative estimate of drug-likeness (QED) is 0.0886. The Kier molecular flexibility index (Phi) is 12.5. The molecule has 0 radical (unpaired) electrons. The predicted octanol–water partition coefficient (Wildman–Crippen LogP) is 5.94. The second-order valence-corrected chi connectivity index (χ2v) is 14.5. The van der Waals surface area contributed by atoms with Gasteiger partial charge < -0.3 is 14.0 Å². The third-order valence-electron chi connectivity index (χ3n) is 9.44. The number of hydrogen-bond acceptors (Lipinski definition) is 11. The summed E-state index contributed by atoms with van der Waals surface area (Å²) >= 11 is 0. The molecule has 0 saturated heterocycles. The van der Waals surface area contributed by atoms with E-state index in [1.165, 1.54) is 19.4 Å². The molecule has 5 rings (SSSR count). The van der Waals surface area contributed by atoms with Gasteiger partial charge in [-0.2, -0.15) is 0 Å². The Morgan fingerprint density at radius 1 is 1.00 bits per heavy atom. The van der Waals surface area contributed by atoms with Gasteiger partial charge in [0.25, 0.3) is 15.9 Å². The Labute approximate surface area is 295 Å². The molecule has 0 N–H and O–H groups in total. The zero-order chi connectivity index (χ0) is 35.9. The number of aliphatic imine (C=N–C) groups is 1. The number of hydroxylamine groups is 2. The van der Waals surface area contributed by atoms with Crippen molar-refractivity contribution in [3.05, 3.63) is 64.8 Å². The van der Waals surface area contributed by atoms with E-state index in [-0.39, 0.29) is 36.6 Å². The molecule has 2 aliphatic rings. The topological polar surface area (TPSA) is 136 Å². The molecule has 1 aliphatic heterocycles. The zero-order valence-corrected chi connectivity index (χ0v) is 30.8. The number of unbranched alkanes of at least 4 members (excludes halogenated alkanes) is 1. The summed E-state index contributed by atoms with van der Waals surface area (Å²) in [4.78, 5) is 31.7. The highest BCUT2D eigenvalue weighted by Gasteiger charge is 2.49. The molecule has 50 heavy (non-hydrogen) atoms. The second-order valence-electron chi connectivity index (χ2n) is 12.7. The van der Waals surface area contributed by atoms with Crippen LogP contribution >= 0.6 is 0 Å². The maximum Gasteiger partial charge on any atom is 0.269 e. The van der Waals surface area contributed by atoms with Crippen LogP contribution < -0.4 is 4.31 Å². The molecule has 1 aliphatic carbocycles. The molecule has 0 atom stereocenters. The van der Waals surface area contributed by atoms with Gasteiger partial charge in [-0.1, -0.05) is 73.0 Å². The number of carbonyl (C=O) groups is 1. The first-order valence-corrected chi connectivity index (χ1v) is 18.5. The van der Waals surface area contributed by atoms with Crippen LogP contribution in [0.5, 0.6) is 0 Å². The zero-order valence-electron chi connectivity index (χ0n) is 29.9. The Balaban J connectivity index is 1.55.